The van der Waals surface area contributed by atoms with Crippen LogP contribution in [0.5, 0.6) is 0 Å². The zero-order valence-electron chi connectivity index (χ0n) is 3.46. The number of hydrogen-bond acceptors (Lipinski definition) is 0. The Morgan fingerprint density at radius 1 is 0.800 bits per heavy atom. The molecule has 24 valence electrons. The van der Waals surface area contributed by atoms with Crippen molar-refractivity contribution in [3.63, 3.8) is 0 Å². The zero-order chi connectivity index (χ0) is 0. The zero-order valence-corrected chi connectivity index (χ0v) is 11.2. The van der Waals surface area contributed by atoms with Crippen LogP contribution < -0.4 is 85.3 Å². The molecule has 0 N–H and O–H groups in total. The molecule has 0 aromatic rings. The molecule has 0 bridgehead atoms. The molecule has 0 nitrogen and oxygen atoms in total. The molecule has 0 aliphatic heterocycles. The Morgan fingerprint density at radius 2 is 0.800 bits per heavy atom. The second-order valence-electron chi connectivity index (χ2n) is 0. The van der Waals surface area contributed by atoms with Crippen molar-refractivity contribution in [1.82, 2.24) is 0 Å². The van der Waals surface area contributed by atoms with Crippen molar-refractivity contribution in [2.75, 3.05) is 0 Å². The van der Waals surface area contributed by atoms with E-state index in [4.69, 9.17) is 0 Å². The van der Waals surface area contributed by atoms with Gasteiger partial charge in [0.1, 0.15) is 0 Å². The van der Waals surface area contributed by atoms with Crippen molar-refractivity contribution >= 4 is 23.1 Å². The van der Waals surface area contributed by atoms with Gasteiger partial charge in [0.05, 0.1) is 0 Å². The fraction of sp³-hybridized carbons (Fsp3) is 0. The summed E-state index contributed by atoms with van der Waals surface area (Å²) in [4.78, 5) is 0. The number of hydrogen-bond donors (Lipinski definition) is 0. The van der Waals surface area contributed by atoms with Gasteiger partial charge in [0, 0.05) is 0 Å². The van der Waals surface area contributed by atoms with E-state index in [0.29, 0.717) is 0 Å². The van der Waals surface area contributed by atoms with Gasteiger partial charge in [-0.15, -0.1) is 0 Å². The quantitative estimate of drug-likeness (QED) is 0.290. The molecule has 0 unspecified atom stereocenters. The maximum Gasteiger partial charge on any atom is 2.00 e. The van der Waals surface area contributed by atoms with Crippen LogP contribution >= 0.6 is 0 Å². The molecule has 0 aromatic carbocycles. The minimum Gasteiger partial charge on any atom is -1.00 e. The minimum atomic E-state index is 0. The Hall–Kier alpha value is 3.36. The molecule has 5 heavy (non-hydrogen) atoms. The predicted octanol–water partition coefficient (Wildman–Crippen LogP) is -8.92. The molecular formula is CH3Br2KMg. The van der Waals surface area contributed by atoms with E-state index < -0.39 is 0 Å². The van der Waals surface area contributed by atoms with Gasteiger partial charge in [-0.1, -0.05) is 0 Å². The molecule has 4 heteroatoms. The molecule has 0 radical (unpaired) electrons. The first-order chi connectivity index (χ1) is 0. The van der Waals surface area contributed by atoms with Crippen LogP contribution in [0.25, 0.3) is 0 Å². The van der Waals surface area contributed by atoms with Gasteiger partial charge in [0.2, 0.25) is 0 Å². The summed E-state index contributed by atoms with van der Waals surface area (Å²) >= 11 is 0. The second kappa shape index (κ2) is 26.4. The van der Waals surface area contributed by atoms with Crippen LogP contribution in [0.15, 0.2) is 0 Å². The van der Waals surface area contributed by atoms with Crippen LogP contribution in [-0.4, -0.2) is 23.1 Å². The van der Waals surface area contributed by atoms with Crippen molar-refractivity contribution < 1.29 is 85.3 Å². The summed E-state index contributed by atoms with van der Waals surface area (Å²) in [5, 5.41) is 0. The molecule has 0 amide bonds. The molecule has 0 aliphatic carbocycles. The SMILES string of the molecule is [Br-].[Br-].[CH3-].[K+].[Mg+2]. The number of rotatable bonds is 0. The fourth-order valence-corrected chi connectivity index (χ4v) is 0. The van der Waals surface area contributed by atoms with Gasteiger partial charge < -0.3 is 41.4 Å². The Morgan fingerprint density at radius 3 is 0.800 bits per heavy atom. The molecule has 0 aromatic heterocycles. The van der Waals surface area contributed by atoms with Crippen LogP contribution in [0.1, 0.15) is 0 Å². The molecule has 0 atom stereocenters. The van der Waals surface area contributed by atoms with Gasteiger partial charge in [0.15, 0.2) is 0 Å². The van der Waals surface area contributed by atoms with E-state index in [1.807, 2.05) is 0 Å². The van der Waals surface area contributed by atoms with E-state index in [-0.39, 0.29) is 116 Å². The van der Waals surface area contributed by atoms with Crippen LogP contribution in [0, 0.1) is 7.43 Å². The van der Waals surface area contributed by atoms with E-state index in [1.165, 1.54) is 0 Å². The summed E-state index contributed by atoms with van der Waals surface area (Å²) in [6.07, 6.45) is 0. The molecule has 0 aliphatic rings. The summed E-state index contributed by atoms with van der Waals surface area (Å²) in [6.45, 7) is 0. The van der Waals surface area contributed by atoms with Crippen molar-refractivity contribution in [3.05, 3.63) is 7.43 Å². The third-order valence-corrected chi connectivity index (χ3v) is 0. The second-order valence-corrected chi connectivity index (χ2v) is 0. The third-order valence-electron chi connectivity index (χ3n) is 0. The van der Waals surface area contributed by atoms with Crippen LogP contribution in [-0.2, 0) is 0 Å². The Kier molecular flexibility index (Phi) is 211. The number of halogens is 2. The van der Waals surface area contributed by atoms with Gasteiger partial charge in [-0.05, 0) is 0 Å². The molecular weight excluding hydrogens is 235 g/mol. The van der Waals surface area contributed by atoms with Crippen LogP contribution in [0.3, 0.4) is 0 Å². The van der Waals surface area contributed by atoms with Crippen molar-refractivity contribution in [2.24, 2.45) is 0 Å². The first-order valence-corrected chi connectivity index (χ1v) is 0. The van der Waals surface area contributed by atoms with Gasteiger partial charge >= 0.3 is 74.4 Å². The predicted molar refractivity (Wildman–Crippen MR) is 12.2 cm³/mol. The largest absolute Gasteiger partial charge is 2.00 e. The molecule has 0 spiro atoms. The third kappa shape index (κ3) is 18.7. The van der Waals surface area contributed by atoms with E-state index in [9.17, 15) is 0 Å². The van der Waals surface area contributed by atoms with Crippen LogP contribution in [0.2, 0.25) is 0 Å². The summed E-state index contributed by atoms with van der Waals surface area (Å²) in [5.41, 5.74) is 0. The minimum absolute atomic E-state index is 0. The topological polar surface area (TPSA) is 0 Å². The van der Waals surface area contributed by atoms with Gasteiger partial charge in [-0.2, -0.15) is 0 Å². The van der Waals surface area contributed by atoms with Gasteiger partial charge in [-0.3, -0.25) is 0 Å². The van der Waals surface area contributed by atoms with Gasteiger partial charge in [0.25, 0.3) is 0 Å². The van der Waals surface area contributed by atoms with Crippen molar-refractivity contribution in [1.29, 1.82) is 0 Å². The Labute approximate surface area is 113 Å². The summed E-state index contributed by atoms with van der Waals surface area (Å²) in [6, 6.07) is 0. The van der Waals surface area contributed by atoms with Gasteiger partial charge in [-0.25, -0.2) is 0 Å². The Balaban J connectivity index is 0. The van der Waals surface area contributed by atoms with E-state index >= 15 is 0 Å². The molecule has 0 heterocycles. The monoisotopic (exact) mass is 236 g/mol. The fourth-order valence-electron chi connectivity index (χ4n) is 0. The normalized spacial score (nSPS) is 0. The maximum absolute atomic E-state index is 0. The summed E-state index contributed by atoms with van der Waals surface area (Å²) in [5.74, 6) is 0. The first-order valence-electron chi connectivity index (χ1n) is 0. The average molecular weight is 238 g/mol. The van der Waals surface area contributed by atoms with Crippen LogP contribution in [0.4, 0.5) is 0 Å². The molecule has 0 fully saturated rings. The Bertz CT molecular complexity index is 9.61. The standard InChI is InChI=1S/CH3.2BrH.K.Mg/h1H3;2*1H;;/q-1;;;+1;+2/p-2. The van der Waals surface area contributed by atoms with Crippen molar-refractivity contribution in [2.45, 2.75) is 0 Å². The van der Waals surface area contributed by atoms with E-state index in [2.05, 4.69) is 0 Å². The summed E-state index contributed by atoms with van der Waals surface area (Å²) in [7, 11) is 0. The summed E-state index contributed by atoms with van der Waals surface area (Å²) < 4.78 is 0. The molecule has 0 rings (SSSR count). The van der Waals surface area contributed by atoms with Crippen molar-refractivity contribution in [3.8, 4) is 0 Å². The maximum atomic E-state index is 0. The average Bonchev–Trinajstić information content (AvgIpc) is 0. The van der Waals surface area contributed by atoms with E-state index in [0.717, 1.165) is 0 Å². The van der Waals surface area contributed by atoms with E-state index in [1.54, 1.807) is 0 Å². The molecule has 0 saturated carbocycles. The smallest absolute Gasteiger partial charge is 1.00 e. The molecule has 0 saturated heterocycles. The first kappa shape index (κ1) is 40.1.